The molecule has 1 aliphatic rings. The lowest BCUT2D eigenvalue weighted by Gasteiger charge is -2.35. The Morgan fingerprint density at radius 1 is 1.03 bits per heavy atom. The summed E-state index contributed by atoms with van der Waals surface area (Å²) in [5.41, 5.74) is 11.9. The minimum absolute atomic E-state index is 0.124. The van der Waals surface area contributed by atoms with Gasteiger partial charge in [-0.2, -0.15) is 5.10 Å². The van der Waals surface area contributed by atoms with Gasteiger partial charge < -0.3 is 16.0 Å². The van der Waals surface area contributed by atoms with Crippen LogP contribution in [0.3, 0.4) is 0 Å². The van der Waals surface area contributed by atoms with Crippen LogP contribution in [0.2, 0.25) is 0 Å². The number of anilines is 1. The van der Waals surface area contributed by atoms with Crippen molar-refractivity contribution in [2.24, 2.45) is 12.8 Å². The Labute approximate surface area is 210 Å². The lowest BCUT2D eigenvalue weighted by molar-refractivity contribution is -0.120. The van der Waals surface area contributed by atoms with Crippen molar-refractivity contribution in [2.75, 3.05) is 11.9 Å². The van der Waals surface area contributed by atoms with Gasteiger partial charge in [0, 0.05) is 49.6 Å². The number of fused-ring (bicyclic) bond motifs is 1. The fourth-order valence-corrected chi connectivity index (χ4v) is 4.68. The molecule has 2 heterocycles. The van der Waals surface area contributed by atoms with Crippen molar-refractivity contribution < 1.29 is 9.59 Å². The first-order valence-corrected chi connectivity index (χ1v) is 12.1. The maximum atomic E-state index is 13.6. The number of hydrogen-bond acceptors (Lipinski definition) is 4. The molecule has 1 unspecified atom stereocenters. The molecule has 0 bridgehead atoms. The Kier molecular flexibility index (Phi) is 6.64. The zero-order valence-electron chi connectivity index (χ0n) is 20.2. The molecule has 1 atom stereocenters. The molecule has 4 aromatic rings. The molecule has 36 heavy (non-hydrogen) atoms. The van der Waals surface area contributed by atoms with Crippen LogP contribution in [0.1, 0.15) is 27.0 Å². The molecule has 182 valence electrons. The molecule has 3 aromatic carbocycles. The fraction of sp³-hybridized carbons (Fsp3) is 0.207. The van der Waals surface area contributed by atoms with Gasteiger partial charge in [0.1, 0.15) is 6.04 Å². The van der Waals surface area contributed by atoms with Crippen molar-refractivity contribution in [3.05, 3.63) is 107 Å². The van der Waals surface area contributed by atoms with Crippen LogP contribution in [0, 0.1) is 0 Å². The average molecular weight is 480 g/mol. The molecule has 2 amide bonds. The van der Waals surface area contributed by atoms with Crippen LogP contribution in [-0.2, 0) is 31.2 Å². The van der Waals surface area contributed by atoms with E-state index in [9.17, 15) is 9.59 Å². The first-order valence-electron chi connectivity index (χ1n) is 12.1. The summed E-state index contributed by atoms with van der Waals surface area (Å²) in [6.07, 6.45) is 3.01. The predicted octanol–water partition coefficient (Wildman–Crippen LogP) is 3.79. The molecule has 7 nitrogen and oxygen atoms in total. The third-order valence-corrected chi connectivity index (χ3v) is 6.63. The van der Waals surface area contributed by atoms with E-state index in [1.165, 1.54) is 0 Å². The molecule has 0 fully saturated rings. The summed E-state index contributed by atoms with van der Waals surface area (Å²) in [7, 11) is 1.88. The summed E-state index contributed by atoms with van der Waals surface area (Å²) in [5, 5.41) is 7.45. The lowest BCUT2D eigenvalue weighted by atomic mass is 9.94. The highest BCUT2D eigenvalue weighted by Crippen LogP contribution is 2.25. The molecule has 0 radical (unpaired) electrons. The van der Waals surface area contributed by atoms with Crippen LogP contribution in [0.5, 0.6) is 0 Å². The number of benzene rings is 3. The molecule has 3 N–H and O–H groups in total. The van der Waals surface area contributed by atoms with Gasteiger partial charge in [0.15, 0.2) is 0 Å². The van der Waals surface area contributed by atoms with Crippen LogP contribution in [0.4, 0.5) is 5.69 Å². The summed E-state index contributed by atoms with van der Waals surface area (Å²) in [6, 6.07) is 24.4. The number of aromatic nitrogens is 2. The molecule has 1 aliphatic heterocycles. The minimum atomic E-state index is -0.641. The summed E-state index contributed by atoms with van der Waals surface area (Å²) in [4.78, 5) is 28.8. The molecule has 1 aromatic heterocycles. The maximum Gasteiger partial charge on any atom is 0.254 e. The van der Waals surface area contributed by atoms with Crippen LogP contribution < -0.4 is 11.1 Å². The van der Waals surface area contributed by atoms with E-state index in [1.54, 1.807) is 9.58 Å². The number of carbonyl (C=O) groups is 2. The van der Waals surface area contributed by atoms with Gasteiger partial charge >= 0.3 is 0 Å². The SMILES string of the molecule is Cn1ccc(-c2ccc(NC(=O)C(Cc3ccccc3)N3CCc4cc(CN)ccc4C3=O)cc2)n1. The first-order chi connectivity index (χ1) is 17.5. The maximum absolute atomic E-state index is 13.6. The number of hydrogen-bond donors (Lipinski definition) is 2. The van der Waals surface area contributed by atoms with Gasteiger partial charge in [-0.3, -0.25) is 14.3 Å². The largest absolute Gasteiger partial charge is 0.326 e. The molecule has 0 aliphatic carbocycles. The number of nitrogens with one attached hydrogen (secondary N) is 1. The monoisotopic (exact) mass is 479 g/mol. The van der Waals surface area contributed by atoms with Gasteiger partial charge in [-0.05, 0) is 47.4 Å². The summed E-state index contributed by atoms with van der Waals surface area (Å²) >= 11 is 0. The number of nitrogens with two attached hydrogens (primary N) is 1. The zero-order valence-corrected chi connectivity index (χ0v) is 20.2. The molecule has 0 spiro atoms. The van der Waals surface area contributed by atoms with Crippen molar-refractivity contribution >= 4 is 17.5 Å². The zero-order chi connectivity index (χ0) is 25.1. The van der Waals surface area contributed by atoms with E-state index >= 15 is 0 Å². The van der Waals surface area contributed by atoms with E-state index < -0.39 is 6.04 Å². The summed E-state index contributed by atoms with van der Waals surface area (Å²) < 4.78 is 1.75. The van der Waals surface area contributed by atoms with Crippen molar-refractivity contribution in [1.82, 2.24) is 14.7 Å². The summed E-state index contributed by atoms with van der Waals surface area (Å²) in [5.74, 6) is -0.332. The van der Waals surface area contributed by atoms with Crippen molar-refractivity contribution in [3.63, 3.8) is 0 Å². The van der Waals surface area contributed by atoms with Gasteiger partial charge in [-0.25, -0.2) is 0 Å². The predicted molar refractivity (Wildman–Crippen MR) is 140 cm³/mol. The topological polar surface area (TPSA) is 93.3 Å². The van der Waals surface area contributed by atoms with Crippen LogP contribution in [-0.4, -0.2) is 39.1 Å². The Morgan fingerprint density at radius 2 is 1.81 bits per heavy atom. The van der Waals surface area contributed by atoms with E-state index in [-0.39, 0.29) is 11.8 Å². The fourth-order valence-electron chi connectivity index (χ4n) is 4.68. The normalized spacial score (nSPS) is 13.8. The Bertz CT molecular complexity index is 1380. The van der Waals surface area contributed by atoms with Crippen LogP contribution in [0.25, 0.3) is 11.3 Å². The Morgan fingerprint density at radius 3 is 2.50 bits per heavy atom. The van der Waals surface area contributed by atoms with Gasteiger partial charge in [0.2, 0.25) is 5.91 Å². The van der Waals surface area contributed by atoms with Crippen molar-refractivity contribution in [2.45, 2.75) is 25.4 Å². The van der Waals surface area contributed by atoms with E-state index in [0.29, 0.717) is 37.2 Å². The van der Waals surface area contributed by atoms with Gasteiger partial charge in [0.25, 0.3) is 5.91 Å². The second-order valence-electron chi connectivity index (χ2n) is 9.09. The van der Waals surface area contributed by atoms with E-state index in [1.807, 2.05) is 92.1 Å². The molecule has 5 rings (SSSR count). The first kappa shape index (κ1) is 23.5. The van der Waals surface area contributed by atoms with E-state index in [4.69, 9.17) is 5.73 Å². The number of aryl methyl sites for hydroxylation is 1. The highest BCUT2D eigenvalue weighted by Gasteiger charge is 2.34. The molecule has 0 saturated heterocycles. The second-order valence-corrected chi connectivity index (χ2v) is 9.09. The third-order valence-electron chi connectivity index (χ3n) is 6.63. The molecular formula is C29H29N5O2. The number of carbonyl (C=O) groups excluding carboxylic acids is 2. The summed E-state index contributed by atoms with van der Waals surface area (Å²) in [6.45, 7) is 0.909. The lowest BCUT2D eigenvalue weighted by Crippen LogP contribution is -2.51. The quantitative estimate of drug-likeness (QED) is 0.422. The van der Waals surface area contributed by atoms with Crippen molar-refractivity contribution in [3.8, 4) is 11.3 Å². The molecule has 7 heteroatoms. The Hall–Kier alpha value is -4.23. The second kappa shape index (κ2) is 10.2. The van der Waals surface area contributed by atoms with Crippen LogP contribution >= 0.6 is 0 Å². The number of rotatable bonds is 7. The van der Waals surface area contributed by atoms with E-state index in [2.05, 4.69) is 10.4 Å². The standard InChI is InChI=1S/C29H29N5O2/c1-33-15-14-26(32-33)22-8-10-24(11-9-22)31-28(35)27(18-20-5-3-2-4-6-20)34-16-13-23-17-21(19-30)7-12-25(23)29(34)36/h2-12,14-15,17,27H,13,16,18-19,30H2,1H3,(H,31,35). The van der Waals surface area contributed by atoms with Crippen molar-refractivity contribution in [1.29, 1.82) is 0 Å². The highest BCUT2D eigenvalue weighted by atomic mass is 16.2. The molecule has 0 saturated carbocycles. The smallest absolute Gasteiger partial charge is 0.254 e. The van der Waals surface area contributed by atoms with Gasteiger partial charge in [-0.1, -0.05) is 54.6 Å². The van der Waals surface area contributed by atoms with Gasteiger partial charge in [0.05, 0.1) is 5.69 Å². The van der Waals surface area contributed by atoms with E-state index in [0.717, 1.165) is 27.9 Å². The number of nitrogens with zero attached hydrogens (tertiary/aromatic N) is 3. The van der Waals surface area contributed by atoms with Gasteiger partial charge in [-0.15, -0.1) is 0 Å². The van der Waals surface area contributed by atoms with Crippen LogP contribution in [0.15, 0.2) is 85.1 Å². The third kappa shape index (κ3) is 4.92. The highest BCUT2D eigenvalue weighted by molar-refractivity contribution is 6.02. The average Bonchev–Trinajstić information content (AvgIpc) is 3.34. The molecular weight excluding hydrogens is 450 g/mol. The Balaban J connectivity index is 1.39. The minimum Gasteiger partial charge on any atom is -0.326 e. The number of amides is 2.